The van der Waals surface area contributed by atoms with Crippen LogP contribution in [0.15, 0.2) is 66.7 Å². The monoisotopic (exact) mass is 398 g/mol. The van der Waals surface area contributed by atoms with Crippen molar-refractivity contribution in [2.45, 2.75) is 5.75 Å². The van der Waals surface area contributed by atoms with Crippen molar-refractivity contribution in [3.8, 4) is 11.1 Å². The smallest absolute Gasteiger partial charge is 0.255 e. The predicted octanol–water partition coefficient (Wildman–Crippen LogP) is 3.87. The molecule has 0 aliphatic rings. The largest absolute Gasteiger partial charge is 0.397 e. The summed E-state index contributed by atoms with van der Waals surface area (Å²) in [5.74, 6) is -0.775. The minimum atomic E-state index is -3.14. The summed E-state index contributed by atoms with van der Waals surface area (Å²) in [7, 11) is -3.14. The number of carbonyl (C=O) groups is 1. The number of hydrogen-bond acceptors (Lipinski definition) is 4. The maximum Gasteiger partial charge on any atom is 0.255 e. The molecule has 28 heavy (non-hydrogen) atoms. The van der Waals surface area contributed by atoms with E-state index in [0.29, 0.717) is 22.5 Å². The van der Waals surface area contributed by atoms with Gasteiger partial charge in [0.1, 0.15) is 5.82 Å². The number of sulfone groups is 1. The van der Waals surface area contributed by atoms with E-state index in [4.69, 9.17) is 5.73 Å². The van der Waals surface area contributed by atoms with Gasteiger partial charge in [-0.05, 0) is 53.1 Å². The van der Waals surface area contributed by atoms with Gasteiger partial charge in [-0.3, -0.25) is 4.79 Å². The van der Waals surface area contributed by atoms with Gasteiger partial charge in [0, 0.05) is 11.8 Å². The van der Waals surface area contributed by atoms with Gasteiger partial charge >= 0.3 is 0 Å². The number of halogens is 1. The number of benzene rings is 3. The lowest BCUT2D eigenvalue weighted by Gasteiger charge is -2.11. The van der Waals surface area contributed by atoms with Gasteiger partial charge in [0.05, 0.1) is 17.1 Å². The predicted molar refractivity (Wildman–Crippen MR) is 109 cm³/mol. The summed E-state index contributed by atoms with van der Waals surface area (Å²) < 4.78 is 35.8. The number of carbonyl (C=O) groups excluding carboxylic acids is 1. The van der Waals surface area contributed by atoms with Crippen LogP contribution in [0.4, 0.5) is 15.8 Å². The lowest BCUT2D eigenvalue weighted by atomic mass is 10.0. The second-order valence-electron chi connectivity index (χ2n) is 6.53. The SMILES string of the molecule is CS(=O)(=O)Cc1ccc(C(=O)Nc2cc(-c3ccc(F)cc3)ccc2N)cc1. The van der Waals surface area contributed by atoms with E-state index < -0.39 is 9.84 Å². The standard InChI is InChI=1S/C21H19FN2O3S/c1-28(26,27)13-14-2-4-16(5-3-14)21(25)24-20-12-17(8-11-19(20)23)15-6-9-18(22)10-7-15/h2-12H,13,23H2,1H3,(H,24,25). The Bertz CT molecular complexity index is 1110. The maximum atomic E-state index is 13.1. The number of anilines is 2. The van der Waals surface area contributed by atoms with Crippen LogP contribution in [0, 0.1) is 5.82 Å². The summed E-state index contributed by atoms with van der Waals surface area (Å²) in [6, 6.07) is 17.5. The topological polar surface area (TPSA) is 89.3 Å². The van der Waals surface area contributed by atoms with Gasteiger partial charge in [-0.25, -0.2) is 12.8 Å². The summed E-state index contributed by atoms with van der Waals surface area (Å²) in [6.45, 7) is 0. The molecule has 0 radical (unpaired) electrons. The molecule has 7 heteroatoms. The molecule has 0 bridgehead atoms. The van der Waals surface area contributed by atoms with E-state index in [1.54, 1.807) is 54.6 Å². The first-order valence-corrected chi connectivity index (χ1v) is 10.5. The van der Waals surface area contributed by atoms with Gasteiger partial charge in [-0.2, -0.15) is 0 Å². The Labute approximate surface area is 162 Å². The molecule has 0 aliphatic heterocycles. The molecule has 0 aliphatic carbocycles. The van der Waals surface area contributed by atoms with Crippen molar-refractivity contribution < 1.29 is 17.6 Å². The van der Waals surface area contributed by atoms with Crippen molar-refractivity contribution in [1.82, 2.24) is 0 Å². The van der Waals surface area contributed by atoms with Gasteiger partial charge in [0.25, 0.3) is 5.91 Å². The van der Waals surface area contributed by atoms with Gasteiger partial charge in [0.2, 0.25) is 0 Å². The number of amides is 1. The molecule has 0 aromatic heterocycles. The van der Waals surface area contributed by atoms with Crippen LogP contribution in [0.3, 0.4) is 0 Å². The highest BCUT2D eigenvalue weighted by Gasteiger charge is 2.11. The van der Waals surface area contributed by atoms with Crippen LogP contribution in [-0.4, -0.2) is 20.6 Å². The first-order chi connectivity index (χ1) is 13.2. The van der Waals surface area contributed by atoms with Gasteiger partial charge in [-0.1, -0.05) is 30.3 Å². The molecule has 0 atom stereocenters. The zero-order valence-corrected chi connectivity index (χ0v) is 16.0. The molecule has 0 saturated heterocycles. The van der Waals surface area contributed by atoms with E-state index in [9.17, 15) is 17.6 Å². The van der Waals surface area contributed by atoms with Crippen LogP contribution in [0.1, 0.15) is 15.9 Å². The molecule has 0 fully saturated rings. The first kappa shape index (κ1) is 19.6. The Morgan fingerprint density at radius 1 is 0.964 bits per heavy atom. The molecule has 1 amide bonds. The highest BCUT2D eigenvalue weighted by molar-refractivity contribution is 7.89. The minimum Gasteiger partial charge on any atom is -0.397 e. The average Bonchev–Trinajstić information content (AvgIpc) is 2.63. The number of nitrogens with one attached hydrogen (secondary N) is 1. The molecule has 3 N–H and O–H groups in total. The molecule has 144 valence electrons. The van der Waals surface area contributed by atoms with E-state index in [2.05, 4.69) is 5.32 Å². The van der Waals surface area contributed by atoms with Crippen molar-refractivity contribution >= 4 is 27.1 Å². The Balaban J connectivity index is 1.80. The fraction of sp³-hybridized carbons (Fsp3) is 0.0952. The molecule has 5 nitrogen and oxygen atoms in total. The van der Waals surface area contributed by atoms with E-state index in [1.807, 2.05) is 0 Å². The Morgan fingerprint density at radius 3 is 2.18 bits per heavy atom. The van der Waals surface area contributed by atoms with Crippen molar-refractivity contribution in [1.29, 1.82) is 0 Å². The molecule has 0 saturated carbocycles. The third-order valence-corrected chi connectivity index (χ3v) is 4.98. The number of nitrogen functional groups attached to an aromatic ring is 1. The highest BCUT2D eigenvalue weighted by atomic mass is 32.2. The lowest BCUT2D eigenvalue weighted by Crippen LogP contribution is -2.13. The fourth-order valence-electron chi connectivity index (χ4n) is 2.74. The number of rotatable bonds is 5. The van der Waals surface area contributed by atoms with E-state index >= 15 is 0 Å². The number of nitrogens with two attached hydrogens (primary N) is 1. The van der Waals surface area contributed by atoms with Gasteiger partial charge in [0.15, 0.2) is 9.84 Å². The van der Waals surface area contributed by atoms with Crippen molar-refractivity contribution in [3.05, 3.63) is 83.7 Å². The molecule has 3 aromatic rings. The number of hydrogen-bond donors (Lipinski definition) is 2. The summed E-state index contributed by atoms with van der Waals surface area (Å²) in [5, 5.41) is 2.76. The molecule has 3 aromatic carbocycles. The molecule has 0 spiro atoms. The van der Waals surface area contributed by atoms with Crippen LogP contribution in [0.5, 0.6) is 0 Å². The highest BCUT2D eigenvalue weighted by Crippen LogP contribution is 2.28. The molecular formula is C21H19FN2O3S. The van der Waals surface area contributed by atoms with E-state index in [-0.39, 0.29) is 17.5 Å². The minimum absolute atomic E-state index is 0.0818. The molecular weight excluding hydrogens is 379 g/mol. The Kier molecular flexibility index (Phi) is 5.46. The zero-order chi connectivity index (χ0) is 20.3. The van der Waals surface area contributed by atoms with Gasteiger partial charge < -0.3 is 11.1 Å². The van der Waals surface area contributed by atoms with Crippen molar-refractivity contribution in [2.24, 2.45) is 0 Å². The third kappa shape index (κ3) is 4.95. The summed E-state index contributed by atoms with van der Waals surface area (Å²) in [6.07, 6.45) is 1.16. The van der Waals surface area contributed by atoms with Crippen molar-refractivity contribution in [3.63, 3.8) is 0 Å². The van der Waals surface area contributed by atoms with E-state index in [0.717, 1.165) is 17.4 Å². The molecule has 0 heterocycles. The van der Waals surface area contributed by atoms with Crippen LogP contribution in [0.2, 0.25) is 0 Å². The zero-order valence-electron chi connectivity index (χ0n) is 15.1. The Morgan fingerprint density at radius 2 is 1.57 bits per heavy atom. The average molecular weight is 398 g/mol. The summed E-state index contributed by atoms with van der Waals surface area (Å²) in [5.41, 5.74) is 9.37. The van der Waals surface area contributed by atoms with Crippen molar-refractivity contribution in [2.75, 3.05) is 17.3 Å². The maximum absolute atomic E-state index is 13.1. The first-order valence-electron chi connectivity index (χ1n) is 8.45. The second kappa shape index (κ2) is 7.82. The Hall–Kier alpha value is -3.19. The second-order valence-corrected chi connectivity index (χ2v) is 8.67. The van der Waals surface area contributed by atoms with Gasteiger partial charge in [-0.15, -0.1) is 0 Å². The van der Waals surface area contributed by atoms with Crippen LogP contribution < -0.4 is 11.1 Å². The lowest BCUT2D eigenvalue weighted by molar-refractivity contribution is 0.102. The molecule has 3 rings (SSSR count). The van der Waals surface area contributed by atoms with Crippen LogP contribution in [-0.2, 0) is 15.6 Å². The van der Waals surface area contributed by atoms with E-state index in [1.165, 1.54) is 12.1 Å². The van der Waals surface area contributed by atoms with Crippen LogP contribution in [0.25, 0.3) is 11.1 Å². The summed E-state index contributed by atoms with van der Waals surface area (Å²) >= 11 is 0. The summed E-state index contributed by atoms with van der Waals surface area (Å²) in [4.78, 5) is 12.5. The molecule has 0 unspecified atom stereocenters. The van der Waals surface area contributed by atoms with Crippen LogP contribution >= 0.6 is 0 Å². The quantitative estimate of drug-likeness (QED) is 0.639. The third-order valence-electron chi connectivity index (χ3n) is 4.12. The normalized spacial score (nSPS) is 11.2. The fourth-order valence-corrected chi connectivity index (χ4v) is 3.53.